The predicted octanol–water partition coefficient (Wildman–Crippen LogP) is 7.02. The van der Waals surface area contributed by atoms with Crippen molar-refractivity contribution in [3.63, 3.8) is 0 Å². The van der Waals surface area contributed by atoms with E-state index in [1.807, 2.05) is 0 Å². The van der Waals surface area contributed by atoms with Crippen LogP contribution >= 0.6 is 11.6 Å². The van der Waals surface area contributed by atoms with E-state index in [1.165, 1.54) is 64.2 Å². The summed E-state index contributed by atoms with van der Waals surface area (Å²) in [4.78, 5) is 0. The molecule has 2 heteroatoms. The molecule has 0 saturated carbocycles. The molecule has 0 aromatic rings. The zero-order chi connectivity index (χ0) is 14.8. The topological polar surface area (TPSA) is 0 Å². The van der Waals surface area contributed by atoms with E-state index in [1.54, 1.807) is 8.87 Å². The van der Waals surface area contributed by atoms with Crippen LogP contribution in [0.3, 0.4) is 0 Å². The number of allylic oxidation sites excluding steroid dienone is 2. The number of hydrogen-bond donors (Lipinski definition) is 0. The van der Waals surface area contributed by atoms with Gasteiger partial charge >= 0.3 is 137 Å². The van der Waals surface area contributed by atoms with Crippen molar-refractivity contribution in [2.45, 2.75) is 93.9 Å². The van der Waals surface area contributed by atoms with Crippen molar-refractivity contribution in [1.29, 1.82) is 0 Å². The molecule has 0 aromatic carbocycles. The van der Waals surface area contributed by atoms with Crippen LogP contribution in [0.1, 0.15) is 85.0 Å². The number of alkyl halides is 1. The molecule has 0 nitrogen and oxygen atoms in total. The Bertz CT molecular complexity index is 288. The molecule has 0 radical (unpaired) electrons. The predicted molar refractivity (Wildman–Crippen MR) is 96.3 cm³/mol. The van der Waals surface area contributed by atoms with E-state index in [4.69, 9.17) is 11.6 Å². The Kier molecular flexibility index (Phi) is 9.95. The third kappa shape index (κ3) is 5.23. The van der Waals surface area contributed by atoms with E-state index >= 15 is 0 Å². The van der Waals surface area contributed by atoms with Crippen molar-refractivity contribution < 1.29 is 0 Å². The molecular formula is C18H35ClSn. The molecule has 0 unspecified atom stereocenters. The fraction of sp³-hybridized carbons (Fsp3) is 0.889. The molecule has 1 aliphatic heterocycles. The molecule has 20 heavy (non-hydrogen) atoms. The van der Waals surface area contributed by atoms with Gasteiger partial charge in [0.2, 0.25) is 0 Å². The van der Waals surface area contributed by atoms with Crippen LogP contribution in [0, 0.1) is 0 Å². The van der Waals surface area contributed by atoms with E-state index in [2.05, 4.69) is 27.9 Å². The van der Waals surface area contributed by atoms with Gasteiger partial charge in [0.1, 0.15) is 0 Å². The Balaban J connectivity index is 2.63. The second-order valence-electron chi connectivity index (χ2n) is 6.50. The molecule has 1 aliphatic rings. The summed E-state index contributed by atoms with van der Waals surface area (Å²) in [6.07, 6.45) is 14.0. The maximum absolute atomic E-state index is 5.86. The Labute approximate surface area is 136 Å². The standard InChI is InChI=1S/C10H17Cl.2C4H9.Sn/c1-2-3-4-5-6-7-8-9-10-11;2*1-3-4-2;/h2-4,7-10H2,1H3;2*1,3-4H2,2H3;. The molecule has 0 aromatic heterocycles. The zero-order valence-corrected chi connectivity index (χ0v) is 17.7. The van der Waals surface area contributed by atoms with Gasteiger partial charge in [-0.15, -0.1) is 0 Å². The van der Waals surface area contributed by atoms with Gasteiger partial charge in [0.25, 0.3) is 0 Å². The molecular weight excluding hydrogens is 370 g/mol. The molecule has 0 saturated heterocycles. The molecule has 0 amide bonds. The number of halogens is 1. The summed E-state index contributed by atoms with van der Waals surface area (Å²) in [5, 5.41) is 0. The van der Waals surface area contributed by atoms with Crippen molar-refractivity contribution in [3.8, 4) is 0 Å². The zero-order valence-electron chi connectivity index (χ0n) is 14.1. The molecule has 0 fully saturated rings. The number of hydrogen-bond acceptors (Lipinski definition) is 0. The molecule has 0 N–H and O–H groups in total. The van der Waals surface area contributed by atoms with Gasteiger partial charge in [0.15, 0.2) is 0 Å². The van der Waals surface area contributed by atoms with Crippen LogP contribution in [-0.2, 0) is 0 Å². The third-order valence-electron chi connectivity index (χ3n) is 4.96. The molecule has 1 heterocycles. The third-order valence-corrected chi connectivity index (χ3v) is 21.2. The Morgan fingerprint density at radius 3 is 1.65 bits per heavy atom. The fourth-order valence-electron chi connectivity index (χ4n) is 3.71. The average molecular weight is 406 g/mol. The first-order valence-electron chi connectivity index (χ1n) is 9.05. The van der Waals surface area contributed by atoms with Crippen LogP contribution in [0.2, 0.25) is 8.87 Å². The van der Waals surface area contributed by atoms with Crippen molar-refractivity contribution in [2.24, 2.45) is 0 Å². The summed E-state index contributed by atoms with van der Waals surface area (Å²) >= 11 is 3.98. The van der Waals surface area contributed by atoms with Gasteiger partial charge in [0, 0.05) is 0 Å². The van der Waals surface area contributed by atoms with E-state index in [0.29, 0.717) is 0 Å². The second-order valence-corrected chi connectivity index (χ2v) is 19.4. The molecule has 118 valence electrons. The van der Waals surface area contributed by atoms with Crippen molar-refractivity contribution in [1.82, 2.24) is 0 Å². The van der Waals surface area contributed by atoms with E-state index in [9.17, 15) is 0 Å². The average Bonchev–Trinajstić information content (AvgIpc) is 3.07. The van der Waals surface area contributed by atoms with E-state index < -0.39 is 18.4 Å². The number of rotatable bonds is 13. The van der Waals surface area contributed by atoms with Gasteiger partial charge in [-0.2, -0.15) is 0 Å². The molecule has 0 spiro atoms. The van der Waals surface area contributed by atoms with Gasteiger partial charge in [-0.05, 0) is 0 Å². The van der Waals surface area contributed by atoms with E-state index in [0.717, 1.165) is 5.88 Å². The summed E-state index contributed by atoms with van der Waals surface area (Å²) in [5.74, 6) is 0.851. The molecule has 0 bridgehead atoms. The molecule has 0 aliphatic carbocycles. The van der Waals surface area contributed by atoms with Gasteiger partial charge in [-0.25, -0.2) is 0 Å². The quantitative estimate of drug-likeness (QED) is 0.175. The first-order valence-corrected chi connectivity index (χ1v) is 16.5. The van der Waals surface area contributed by atoms with Crippen LogP contribution < -0.4 is 0 Å². The summed E-state index contributed by atoms with van der Waals surface area (Å²) in [6.45, 7) is 7.06. The molecule has 0 atom stereocenters. The minimum absolute atomic E-state index is 0.851. The summed E-state index contributed by atoms with van der Waals surface area (Å²) in [6, 6.07) is 0. The first-order chi connectivity index (χ1) is 9.76. The van der Waals surface area contributed by atoms with Crippen molar-refractivity contribution in [2.75, 3.05) is 5.88 Å². The van der Waals surface area contributed by atoms with Crippen molar-refractivity contribution in [3.05, 3.63) is 7.18 Å². The van der Waals surface area contributed by atoms with Gasteiger partial charge in [0.05, 0.1) is 0 Å². The minimum atomic E-state index is -1.88. The summed E-state index contributed by atoms with van der Waals surface area (Å²) in [5.41, 5.74) is 0. The van der Waals surface area contributed by atoms with Gasteiger partial charge in [-0.1, -0.05) is 0 Å². The normalized spacial score (nSPS) is 16.8. The van der Waals surface area contributed by atoms with Crippen LogP contribution in [0.4, 0.5) is 0 Å². The Hall–Kier alpha value is 0.829. The second kappa shape index (κ2) is 10.5. The number of unbranched alkanes of at least 4 members (excludes halogenated alkanes) is 4. The van der Waals surface area contributed by atoms with Crippen LogP contribution in [0.25, 0.3) is 0 Å². The van der Waals surface area contributed by atoms with E-state index in [-0.39, 0.29) is 0 Å². The Morgan fingerprint density at radius 1 is 0.700 bits per heavy atom. The van der Waals surface area contributed by atoms with Gasteiger partial charge in [-0.3, -0.25) is 0 Å². The molecule has 1 rings (SSSR count). The first kappa shape index (κ1) is 18.9. The van der Waals surface area contributed by atoms with Crippen LogP contribution in [0.15, 0.2) is 7.18 Å². The Morgan fingerprint density at radius 2 is 1.20 bits per heavy atom. The summed E-state index contributed by atoms with van der Waals surface area (Å²) < 4.78 is 7.43. The fourth-order valence-corrected chi connectivity index (χ4v) is 24.1. The SMILES string of the molecule is CCCC[C]1=[C](CCCCCl)[Sn]1([CH2]CCC)[CH2]CCC. The van der Waals surface area contributed by atoms with Crippen molar-refractivity contribution >= 4 is 30.0 Å². The van der Waals surface area contributed by atoms with Crippen LogP contribution in [-0.4, -0.2) is 24.3 Å². The summed E-state index contributed by atoms with van der Waals surface area (Å²) in [7, 11) is 0. The van der Waals surface area contributed by atoms with Crippen LogP contribution in [0.5, 0.6) is 0 Å². The van der Waals surface area contributed by atoms with Gasteiger partial charge < -0.3 is 0 Å². The maximum atomic E-state index is 5.86. The monoisotopic (exact) mass is 406 g/mol.